The van der Waals surface area contributed by atoms with Crippen LogP contribution in [0.5, 0.6) is 0 Å². The molecule has 4 heteroatoms. The summed E-state index contributed by atoms with van der Waals surface area (Å²) in [5.74, 6) is -0.129. The van der Waals surface area contributed by atoms with E-state index in [0.29, 0.717) is 13.0 Å². The predicted molar refractivity (Wildman–Crippen MR) is 75.7 cm³/mol. The van der Waals surface area contributed by atoms with Gasteiger partial charge in [-0.15, -0.1) is 11.3 Å². The van der Waals surface area contributed by atoms with Gasteiger partial charge in [0.05, 0.1) is 13.0 Å². The lowest BCUT2D eigenvalue weighted by molar-refractivity contribution is -0.144. The van der Waals surface area contributed by atoms with E-state index in [1.54, 1.807) is 11.3 Å². The molecule has 1 heterocycles. The third-order valence-electron chi connectivity index (χ3n) is 2.82. The van der Waals surface area contributed by atoms with E-state index in [1.165, 1.54) is 4.88 Å². The molecule has 0 aliphatic heterocycles. The molecular weight excluding hydrogens is 246 g/mol. The first kappa shape index (κ1) is 15.2. The van der Waals surface area contributed by atoms with Crippen molar-refractivity contribution in [2.75, 3.05) is 6.61 Å². The lowest BCUT2D eigenvalue weighted by atomic mass is 9.84. The van der Waals surface area contributed by atoms with Crippen LogP contribution >= 0.6 is 11.3 Å². The molecule has 3 nitrogen and oxygen atoms in total. The molecule has 1 aromatic heterocycles. The normalized spacial score (nSPS) is 13.3. The smallest absolute Gasteiger partial charge is 0.307 e. The third kappa shape index (κ3) is 5.19. The molecule has 0 spiro atoms. The van der Waals surface area contributed by atoms with Crippen LogP contribution in [0.3, 0.4) is 0 Å². The third-order valence-corrected chi connectivity index (χ3v) is 3.70. The lowest BCUT2D eigenvalue weighted by Gasteiger charge is -2.30. The van der Waals surface area contributed by atoms with Crippen LogP contribution in [-0.4, -0.2) is 18.6 Å². The number of rotatable bonds is 6. The van der Waals surface area contributed by atoms with E-state index in [4.69, 9.17) is 4.74 Å². The maximum absolute atomic E-state index is 11.6. The number of hydrogen-bond donors (Lipinski definition) is 1. The van der Waals surface area contributed by atoms with Gasteiger partial charge in [0.2, 0.25) is 0 Å². The molecular formula is C14H23NO2S. The highest BCUT2D eigenvalue weighted by molar-refractivity contribution is 7.09. The standard InChI is InChI=1S/C14H23NO2S/c1-5-17-13(16)9-12(14(2,3)4)15-10-11-7-6-8-18-11/h6-8,12,15H,5,9-10H2,1-4H3. The topological polar surface area (TPSA) is 38.3 Å². The summed E-state index contributed by atoms with van der Waals surface area (Å²) in [5.41, 5.74) is 0.0318. The molecule has 0 aliphatic rings. The van der Waals surface area contributed by atoms with E-state index in [1.807, 2.05) is 13.0 Å². The average Bonchev–Trinajstić information content (AvgIpc) is 2.75. The average molecular weight is 269 g/mol. The summed E-state index contributed by atoms with van der Waals surface area (Å²) in [4.78, 5) is 12.9. The van der Waals surface area contributed by atoms with Crippen LogP contribution in [0.25, 0.3) is 0 Å². The Hall–Kier alpha value is -0.870. The fourth-order valence-corrected chi connectivity index (χ4v) is 2.36. The zero-order chi connectivity index (χ0) is 13.6. The number of hydrogen-bond acceptors (Lipinski definition) is 4. The zero-order valence-electron chi connectivity index (χ0n) is 11.7. The van der Waals surface area contributed by atoms with Crippen LogP contribution in [0.2, 0.25) is 0 Å². The second kappa shape index (κ2) is 6.90. The molecule has 0 amide bonds. The predicted octanol–water partition coefficient (Wildman–Crippen LogP) is 3.21. The SMILES string of the molecule is CCOC(=O)CC(NCc1cccs1)C(C)(C)C. The van der Waals surface area contributed by atoms with Gasteiger partial charge >= 0.3 is 5.97 Å². The fraction of sp³-hybridized carbons (Fsp3) is 0.643. The Kier molecular flexibility index (Phi) is 5.82. The minimum absolute atomic E-state index is 0.0318. The number of carbonyl (C=O) groups excluding carboxylic acids is 1. The maximum Gasteiger partial charge on any atom is 0.307 e. The highest BCUT2D eigenvalue weighted by Gasteiger charge is 2.27. The lowest BCUT2D eigenvalue weighted by Crippen LogP contribution is -2.41. The van der Waals surface area contributed by atoms with E-state index in [2.05, 4.69) is 37.5 Å². The maximum atomic E-state index is 11.6. The van der Waals surface area contributed by atoms with Crippen molar-refractivity contribution in [3.05, 3.63) is 22.4 Å². The van der Waals surface area contributed by atoms with Gasteiger partial charge in [-0.2, -0.15) is 0 Å². The van der Waals surface area contributed by atoms with Crippen molar-refractivity contribution in [2.45, 2.75) is 46.7 Å². The van der Waals surface area contributed by atoms with Crippen LogP contribution in [0.1, 0.15) is 39.0 Å². The van der Waals surface area contributed by atoms with Crippen molar-refractivity contribution in [3.8, 4) is 0 Å². The van der Waals surface area contributed by atoms with Crippen molar-refractivity contribution >= 4 is 17.3 Å². The van der Waals surface area contributed by atoms with Crippen LogP contribution in [0.4, 0.5) is 0 Å². The van der Waals surface area contributed by atoms with Crippen molar-refractivity contribution in [1.82, 2.24) is 5.32 Å². The summed E-state index contributed by atoms with van der Waals surface area (Å²) in [6.45, 7) is 9.50. The van der Waals surface area contributed by atoms with Gasteiger partial charge in [-0.25, -0.2) is 0 Å². The summed E-state index contributed by atoms with van der Waals surface area (Å²) in [6.07, 6.45) is 0.419. The number of ether oxygens (including phenoxy) is 1. The van der Waals surface area contributed by atoms with Crippen molar-refractivity contribution in [2.24, 2.45) is 5.41 Å². The van der Waals surface area contributed by atoms with E-state index in [-0.39, 0.29) is 17.4 Å². The zero-order valence-corrected chi connectivity index (χ0v) is 12.5. The van der Waals surface area contributed by atoms with Gasteiger partial charge < -0.3 is 10.1 Å². The summed E-state index contributed by atoms with van der Waals surface area (Å²) in [6, 6.07) is 4.26. The van der Waals surface area contributed by atoms with Crippen LogP contribution in [-0.2, 0) is 16.1 Å². The van der Waals surface area contributed by atoms with Crippen molar-refractivity contribution in [1.29, 1.82) is 0 Å². The highest BCUT2D eigenvalue weighted by Crippen LogP contribution is 2.23. The van der Waals surface area contributed by atoms with E-state index in [0.717, 1.165) is 6.54 Å². The number of carbonyl (C=O) groups is 1. The van der Waals surface area contributed by atoms with Gasteiger partial charge in [-0.1, -0.05) is 26.8 Å². The molecule has 1 unspecified atom stereocenters. The monoisotopic (exact) mass is 269 g/mol. The minimum Gasteiger partial charge on any atom is -0.466 e. The molecule has 18 heavy (non-hydrogen) atoms. The molecule has 0 saturated heterocycles. The Bertz CT molecular complexity index is 354. The summed E-state index contributed by atoms with van der Waals surface area (Å²) < 4.78 is 5.03. The van der Waals surface area contributed by atoms with E-state index < -0.39 is 0 Å². The Morgan fingerprint density at radius 3 is 2.72 bits per heavy atom. The summed E-state index contributed by atoms with van der Waals surface area (Å²) in [7, 11) is 0. The second-order valence-corrected chi connectivity index (χ2v) is 6.42. The van der Waals surface area contributed by atoms with Gasteiger partial charge in [-0.3, -0.25) is 4.79 Å². The van der Waals surface area contributed by atoms with Crippen LogP contribution < -0.4 is 5.32 Å². The van der Waals surface area contributed by atoms with Gasteiger partial charge in [-0.05, 0) is 23.8 Å². The van der Waals surface area contributed by atoms with Crippen molar-refractivity contribution < 1.29 is 9.53 Å². The second-order valence-electron chi connectivity index (χ2n) is 5.39. The molecule has 1 aromatic rings. The van der Waals surface area contributed by atoms with Crippen LogP contribution in [0.15, 0.2) is 17.5 Å². The van der Waals surface area contributed by atoms with Gasteiger partial charge in [0.1, 0.15) is 0 Å². The molecule has 0 radical (unpaired) electrons. The van der Waals surface area contributed by atoms with E-state index >= 15 is 0 Å². The van der Waals surface area contributed by atoms with Gasteiger partial charge in [0.25, 0.3) is 0 Å². The highest BCUT2D eigenvalue weighted by atomic mass is 32.1. The molecule has 1 atom stereocenters. The first-order valence-corrected chi connectivity index (χ1v) is 7.23. The molecule has 0 bridgehead atoms. The number of nitrogens with one attached hydrogen (secondary N) is 1. The Labute approximate surface area is 114 Å². The molecule has 0 aliphatic carbocycles. The molecule has 1 N–H and O–H groups in total. The molecule has 0 saturated carbocycles. The first-order valence-electron chi connectivity index (χ1n) is 6.35. The Morgan fingerprint density at radius 1 is 1.50 bits per heavy atom. The van der Waals surface area contributed by atoms with Gasteiger partial charge in [0, 0.05) is 17.5 Å². The molecule has 102 valence electrons. The number of esters is 1. The first-order chi connectivity index (χ1) is 8.43. The number of thiophene rings is 1. The largest absolute Gasteiger partial charge is 0.466 e. The summed E-state index contributed by atoms with van der Waals surface area (Å²) >= 11 is 1.73. The summed E-state index contributed by atoms with van der Waals surface area (Å²) in [5, 5.41) is 5.52. The van der Waals surface area contributed by atoms with Gasteiger partial charge in [0.15, 0.2) is 0 Å². The minimum atomic E-state index is -0.129. The fourth-order valence-electron chi connectivity index (χ4n) is 1.71. The molecule has 1 rings (SSSR count). The van der Waals surface area contributed by atoms with Crippen molar-refractivity contribution in [3.63, 3.8) is 0 Å². The van der Waals surface area contributed by atoms with E-state index in [9.17, 15) is 4.79 Å². The Balaban J connectivity index is 2.53. The Morgan fingerprint density at radius 2 is 2.22 bits per heavy atom. The van der Waals surface area contributed by atoms with Crippen LogP contribution in [0, 0.1) is 5.41 Å². The quantitative estimate of drug-likeness (QED) is 0.806. The molecule has 0 aromatic carbocycles. The molecule has 0 fully saturated rings.